The van der Waals surface area contributed by atoms with Crippen LogP contribution in [0.3, 0.4) is 0 Å². The molecule has 1 atom stereocenters. The van der Waals surface area contributed by atoms with Crippen molar-refractivity contribution in [2.24, 2.45) is 5.84 Å². The third-order valence-corrected chi connectivity index (χ3v) is 2.96. The molecular weight excluding hydrogens is 246 g/mol. The van der Waals surface area contributed by atoms with Gasteiger partial charge >= 0.3 is 0 Å². The Morgan fingerprint density at radius 1 is 0.842 bits per heavy atom. The van der Waals surface area contributed by atoms with E-state index in [2.05, 4.69) is 5.43 Å². The van der Waals surface area contributed by atoms with E-state index in [1.807, 2.05) is 32.0 Å². The SMILES string of the molecule is Cc1cc(C)cc(C(NN)c2cc(F)cc(F)c2)c1. The summed E-state index contributed by atoms with van der Waals surface area (Å²) < 4.78 is 26.6. The Morgan fingerprint density at radius 3 is 1.79 bits per heavy atom. The maximum absolute atomic E-state index is 13.3. The van der Waals surface area contributed by atoms with Crippen LogP contribution in [-0.2, 0) is 0 Å². The van der Waals surface area contributed by atoms with Crippen LogP contribution in [0.2, 0.25) is 0 Å². The maximum Gasteiger partial charge on any atom is 0.126 e. The molecule has 0 saturated heterocycles. The van der Waals surface area contributed by atoms with Crippen LogP contribution >= 0.6 is 0 Å². The summed E-state index contributed by atoms with van der Waals surface area (Å²) in [4.78, 5) is 0. The van der Waals surface area contributed by atoms with E-state index >= 15 is 0 Å². The van der Waals surface area contributed by atoms with Crippen molar-refractivity contribution in [3.8, 4) is 0 Å². The third kappa shape index (κ3) is 3.16. The summed E-state index contributed by atoms with van der Waals surface area (Å²) >= 11 is 0. The average Bonchev–Trinajstić information content (AvgIpc) is 2.27. The van der Waals surface area contributed by atoms with Gasteiger partial charge in [0.25, 0.3) is 0 Å². The van der Waals surface area contributed by atoms with E-state index < -0.39 is 17.7 Å². The standard InChI is InChI=1S/C15H16F2N2/c1-9-3-10(2)5-11(4-9)15(19-18)12-6-13(16)8-14(17)7-12/h3-8,15,19H,18H2,1-2H3. The van der Waals surface area contributed by atoms with Crippen LogP contribution in [-0.4, -0.2) is 0 Å². The molecule has 4 heteroatoms. The van der Waals surface area contributed by atoms with E-state index in [1.165, 1.54) is 12.1 Å². The van der Waals surface area contributed by atoms with E-state index in [1.54, 1.807) is 0 Å². The summed E-state index contributed by atoms with van der Waals surface area (Å²) in [6, 6.07) is 8.89. The lowest BCUT2D eigenvalue weighted by Gasteiger charge is -2.18. The Bertz CT molecular complexity index is 505. The van der Waals surface area contributed by atoms with Crippen molar-refractivity contribution in [2.45, 2.75) is 19.9 Å². The number of nitrogens with two attached hydrogens (primary N) is 1. The third-order valence-electron chi connectivity index (χ3n) is 2.96. The molecule has 0 aliphatic rings. The number of rotatable bonds is 3. The second-order valence-corrected chi connectivity index (χ2v) is 4.72. The topological polar surface area (TPSA) is 38.0 Å². The smallest absolute Gasteiger partial charge is 0.126 e. The fourth-order valence-corrected chi connectivity index (χ4v) is 2.30. The quantitative estimate of drug-likeness (QED) is 0.658. The zero-order valence-corrected chi connectivity index (χ0v) is 10.9. The first-order valence-electron chi connectivity index (χ1n) is 6.00. The number of benzene rings is 2. The van der Waals surface area contributed by atoms with Gasteiger partial charge in [0.2, 0.25) is 0 Å². The van der Waals surface area contributed by atoms with Crippen LogP contribution in [0.15, 0.2) is 36.4 Å². The first kappa shape index (κ1) is 13.6. The summed E-state index contributed by atoms with van der Waals surface area (Å²) in [6.45, 7) is 3.94. The molecule has 2 rings (SSSR count). The monoisotopic (exact) mass is 262 g/mol. The van der Waals surface area contributed by atoms with Gasteiger partial charge in [0.15, 0.2) is 0 Å². The van der Waals surface area contributed by atoms with Gasteiger partial charge in [-0.3, -0.25) is 5.84 Å². The molecule has 19 heavy (non-hydrogen) atoms. The van der Waals surface area contributed by atoms with Crippen molar-refractivity contribution in [2.75, 3.05) is 0 Å². The van der Waals surface area contributed by atoms with Gasteiger partial charge in [-0.05, 0) is 37.1 Å². The van der Waals surface area contributed by atoms with Crippen molar-refractivity contribution in [1.29, 1.82) is 0 Å². The van der Waals surface area contributed by atoms with E-state index in [0.717, 1.165) is 22.8 Å². The number of hydrogen-bond acceptors (Lipinski definition) is 2. The van der Waals surface area contributed by atoms with Crippen molar-refractivity contribution >= 4 is 0 Å². The summed E-state index contributed by atoms with van der Waals surface area (Å²) in [7, 11) is 0. The van der Waals surface area contributed by atoms with Crippen LogP contribution in [0.4, 0.5) is 8.78 Å². The molecule has 0 amide bonds. The van der Waals surface area contributed by atoms with Gasteiger partial charge in [-0.25, -0.2) is 14.2 Å². The van der Waals surface area contributed by atoms with Crippen LogP contribution in [0, 0.1) is 25.5 Å². The second kappa shape index (κ2) is 5.47. The minimum Gasteiger partial charge on any atom is -0.271 e. The molecule has 0 fully saturated rings. The first-order chi connectivity index (χ1) is 8.99. The Kier molecular flexibility index (Phi) is 3.93. The second-order valence-electron chi connectivity index (χ2n) is 4.72. The zero-order valence-electron chi connectivity index (χ0n) is 10.9. The Hall–Kier alpha value is -1.78. The van der Waals surface area contributed by atoms with Crippen LogP contribution < -0.4 is 11.3 Å². The average molecular weight is 262 g/mol. The molecule has 0 aromatic heterocycles. The summed E-state index contributed by atoms with van der Waals surface area (Å²) in [6.07, 6.45) is 0. The molecule has 0 radical (unpaired) electrons. The first-order valence-corrected chi connectivity index (χ1v) is 6.00. The molecule has 2 aromatic rings. The summed E-state index contributed by atoms with van der Waals surface area (Å²) in [5.41, 5.74) is 6.10. The molecule has 2 aromatic carbocycles. The van der Waals surface area contributed by atoms with Crippen LogP contribution in [0.1, 0.15) is 28.3 Å². The van der Waals surface area contributed by atoms with Gasteiger partial charge in [0, 0.05) is 6.07 Å². The van der Waals surface area contributed by atoms with Crippen molar-refractivity contribution < 1.29 is 8.78 Å². The lowest BCUT2D eigenvalue weighted by atomic mass is 9.96. The molecule has 0 heterocycles. The number of aryl methyl sites for hydroxylation is 2. The highest BCUT2D eigenvalue weighted by molar-refractivity contribution is 5.37. The highest BCUT2D eigenvalue weighted by Crippen LogP contribution is 2.24. The summed E-state index contributed by atoms with van der Waals surface area (Å²) in [5.74, 6) is 4.32. The molecule has 100 valence electrons. The van der Waals surface area contributed by atoms with E-state index in [0.29, 0.717) is 5.56 Å². The Labute approximate surface area is 111 Å². The van der Waals surface area contributed by atoms with E-state index in [-0.39, 0.29) is 0 Å². The Morgan fingerprint density at radius 2 is 1.32 bits per heavy atom. The maximum atomic E-state index is 13.3. The highest BCUT2D eigenvalue weighted by Gasteiger charge is 2.15. The highest BCUT2D eigenvalue weighted by atomic mass is 19.1. The van der Waals surface area contributed by atoms with Gasteiger partial charge in [-0.2, -0.15) is 0 Å². The fraction of sp³-hybridized carbons (Fsp3) is 0.200. The number of hydrogen-bond donors (Lipinski definition) is 2. The molecule has 2 nitrogen and oxygen atoms in total. The van der Waals surface area contributed by atoms with Gasteiger partial charge < -0.3 is 0 Å². The number of halogens is 2. The van der Waals surface area contributed by atoms with Crippen LogP contribution in [0.25, 0.3) is 0 Å². The normalized spacial score (nSPS) is 12.5. The number of hydrazine groups is 1. The van der Waals surface area contributed by atoms with Gasteiger partial charge in [-0.1, -0.05) is 29.3 Å². The molecular formula is C15H16F2N2. The predicted molar refractivity (Wildman–Crippen MR) is 71.4 cm³/mol. The van der Waals surface area contributed by atoms with Crippen LogP contribution in [0.5, 0.6) is 0 Å². The lowest BCUT2D eigenvalue weighted by Crippen LogP contribution is -2.29. The van der Waals surface area contributed by atoms with Gasteiger partial charge in [0.05, 0.1) is 6.04 Å². The molecule has 1 unspecified atom stereocenters. The van der Waals surface area contributed by atoms with E-state index in [9.17, 15) is 8.78 Å². The van der Waals surface area contributed by atoms with Gasteiger partial charge in [-0.15, -0.1) is 0 Å². The fourth-order valence-electron chi connectivity index (χ4n) is 2.30. The molecule has 0 bridgehead atoms. The minimum absolute atomic E-state index is 0.441. The van der Waals surface area contributed by atoms with Gasteiger partial charge in [0.1, 0.15) is 11.6 Å². The van der Waals surface area contributed by atoms with Crippen molar-refractivity contribution in [1.82, 2.24) is 5.43 Å². The minimum atomic E-state index is -0.611. The zero-order chi connectivity index (χ0) is 14.0. The van der Waals surface area contributed by atoms with Crippen molar-refractivity contribution in [3.63, 3.8) is 0 Å². The summed E-state index contributed by atoms with van der Waals surface area (Å²) in [5, 5.41) is 0. The molecule has 0 aliphatic heterocycles. The predicted octanol–water partition coefficient (Wildman–Crippen LogP) is 3.13. The molecule has 3 N–H and O–H groups in total. The Balaban J connectivity index is 2.49. The molecule has 0 saturated carbocycles. The molecule has 0 aliphatic carbocycles. The largest absolute Gasteiger partial charge is 0.271 e. The lowest BCUT2D eigenvalue weighted by molar-refractivity contribution is 0.566. The molecule has 0 spiro atoms. The number of nitrogens with one attached hydrogen (secondary N) is 1. The van der Waals surface area contributed by atoms with Crippen molar-refractivity contribution in [3.05, 3.63) is 70.3 Å². The van der Waals surface area contributed by atoms with E-state index in [4.69, 9.17) is 5.84 Å².